The first-order chi connectivity index (χ1) is 26.5. The van der Waals surface area contributed by atoms with Crippen LogP contribution in [0.5, 0.6) is 0 Å². The minimum atomic E-state index is 0.0221. The number of rotatable bonds is 2. The summed E-state index contributed by atoms with van der Waals surface area (Å²) in [6, 6.07) is 27.0. The lowest BCUT2D eigenvalue weighted by molar-refractivity contribution is 0.0144. The molecule has 0 unspecified atom stereocenters. The van der Waals surface area contributed by atoms with Crippen molar-refractivity contribution in [1.82, 2.24) is 0 Å². The van der Waals surface area contributed by atoms with Crippen LogP contribution in [0.4, 0.5) is 0 Å². The van der Waals surface area contributed by atoms with Crippen LogP contribution in [0.15, 0.2) is 108 Å². The Hall–Kier alpha value is -3.77. The van der Waals surface area contributed by atoms with Crippen molar-refractivity contribution in [3.05, 3.63) is 186 Å². The van der Waals surface area contributed by atoms with Crippen molar-refractivity contribution in [3.8, 4) is 0 Å². The minimum Gasteiger partial charge on any atom is -0.172 e. The average molecular weight is 785 g/mol. The summed E-state index contributed by atoms with van der Waals surface area (Å²) < 4.78 is 0.0663. The van der Waals surface area contributed by atoms with Gasteiger partial charge in [0.15, 0.2) is 0 Å². The molecular formula is C53H52S3. The summed E-state index contributed by atoms with van der Waals surface area (Å²) in [7, 11) is 0. The van der Waals surface area contributed by atoms with Crippen molar-refractivity contribution in [3.63, 3.8) is 0 Å². The molecule has 0 N–H and O–H groups in total. The van der Waals surface area contributed by atoms with E-state index in [9.17, 15) is 0 Å². The number of allylic oxidation sites excluding steroid dienone is 5. The maximum absolute atomic E-state index is 5.25. The van der Waals surface area contributed by atoms with Crippen molar-refractivity contribution in [2.24, 2.45) is 5.41 Å². The Morgan fingerprint density at radius 2 is 1.11 bits per heavy atom. The second kappa shape index (κ2) is 13.1. The third-order valence-corrected chi connectivity index (χ3v) is 14.6. The third kappa shape index (κ3) is 6.46. The molecule has 4 fully saturated rings. The Bertz CT molecular complexity index is 2470. The second-order valence-corrected chi connectivity index (χ2v) is 21.9. The van der Waals surface area contributed by atoms with E-state index in [4.69, 9.17) is 37.9 Å². The molecule has 0 radical (unpaired) electrons. The van der Waals surface area contributed by atoms with Gasteiger partial charge in [0.2, 0.25) is 0 Å². The van der Waals surface area contributed by atoms with Gasteiger partial charge in [-0.25, -0.2) is 0 Å². The van der Waals surface area contributed by atoms with Gasteiger partial charge in [-0.1, -0.05) is 151 Å². The van der Waals surface area contributed by atoms with Gasteiger partial charge in [0.05, 0.1) is 30.2 Å². The highest BCUT2D eigenvalue weighted by Gasteiger charge is 2.68. The molecule has 0 aliphatic heterocycles. The molecule has 0 atom stereocenters. The quantitative estimate of drug-likeness (QED) is 0.0886. The van der Waals surface area contributed by atoms with E-state index in [1.165, 1.54) is 67.5 Å². The summed E-state index contributed by atoms with van der Waals surface area (Å²) in [6.07, 6.45) is 15.6. The van der Waals surface area contributed by atoms with Crippen LogP contribution in [-0.4, -0.2) is 14.2 Å². The summed E-state index contributed by atoms with van der Waals surface area (Å²) in [5, 5.41) is 2.16. The Morgan fingerprint density at radius 1 is 0.625 bits per heavy atom. The summed E-state index contributed by atoms with van der Waals surface area (Å²) in [6.45, 7) is 15.8. The highest BCUT2D eigenvalue weighted by atomic mass is 32.1. The van der Waals surface area contributed by atoms with Gasteiger partial charge in [0.25, 0.3) is 0 Å². The van der Waals surface area contributed by atoms with Crippen molar-refractivity contribution in [2.75, 3.05) is 0 Å². The molecule has 0 saturated heterocycles. The minimum absolute atomic E-state index is 0.0221. The molecule has 0 amide bonds. The van der Waals surface area contributed by atoms with E-state index in [-0.39, 0.29) is 25.1 Å². The fourth-order valence-corrected chi connectivity index (χ4v) is 14.6. The SMILES string of the molecule is Cc1cc(C(C)(C)C)cc(C)c1[C-]1c2ccccc2C(=C=c2c(C)cc(=C=C=C3C=C[C+](C45CC6(S)CC(S)(CC(S)(C6)C4)C5)C=C3)cc2C)c2ccccc21. The summed E-state index contributed by atoms with van der Waals surface area (Å²) >= 11 is 15.7. The molecule has 6 aliphatic carbocycles. The first-order valence-electron chi connectivity index (χ1n) is 20.2. The molecule has 4 saturated carbocycles. The van der Waals surface area contributed by atoms with Crippen LogP contribution in [0.25, 0.3) is 17.0 Å². The van der Waals surface area contributed by atoms with Crippen molar-refractivity contribution >= 4 is 54.9 Å². The number of fused-ring (bicyclic) bond motifs is 2. The lowest BCUT2D eigenvalue weighted by Gasteiger charge is -2.67. The zero-order valence-electron chi connectivity index (χ0n) is 33.8. The zero-order valence-corrected chi connectivity index (χ0v) is 36.5. The lowest BCUT2D eigenvalue weighted by atomic mass is 9.45. The standard InChI is InChI=1S/C53H52S3/c1-33-22-38(17-16-37-18-20-39(21-19-37)50-27-51(54)30-52(55,28-50)32-53(56,29-50)31-51)23-34(2)45(33)26-46-41-12-8-10-14-43(41)48(44-15-11-9-13-42(44)46)47-35(3)24-40(25-36(47)4)49(5,6)7/h8-15,18-25,54-56H,27-32H2,1-7H3. The molecule has 0 aromatic heterocycles. The van der Waals surface area contributed by atoms with Crippen molar-refractivity contribution in [2.45, 2.75) is 107 Å². The highest BCUT2D eigenvalue weighted by molar-refractivity contribution is 7.84. The smallest absolute Gasteiger partial charge is 0.134 e. The third-order valence-electron chi connectivity index (χ3n) is 13.2. The Labute approximate surface area is 351 Å². The predicted molar refractivity (Wildman–Crippen MR) is 246 cm³/mol. The summed E-state index contributed by atoms with van der Waals surface area (Å²) in [4.78, 5) is 0. The van der Waals surface area contributed by atoms with Gasteiger partial charge >= 0.3 is 0 Å². The Kier molecular flexibility index (Phi) is 8.86. The van der Waals surface area contributed by atoms with E-state index in [0.29, 0.717) is 0 Å². The second-order valence-electron chi connectivity index (χ2n) is 19.0. The molecule has 4 aromatic rings. The molecule has 0 nitrogen and oxygen atoms in total. The molecule has 6 aliphatic rings. The van der Waals surface area contributed by atoms with Crippen LogP contribution in [-0.2, 0) is 5.41 Å². The maximum Gasteiger partial charge on any atom is 0.134 e. The van der Waals surface area contributed by atoms with Crippen LogP contribution in [0.1, 0.15) is 115 Å². The van der Waals surface area contributed by atoms with E-state index in [1.807, 2.05) is 0 Å². The zero-order chi connectivity index (χ0) is 39.4. The topological polar surface area (TPSA) is 0 Å². The van der Waals surface area contributed by atoms with Crippen LogP contribution in [0.3, 0.4) is 0 Å². The average Bonchev–Trinajstić information content (AvgIpc) is 3.10. The molecule has 10 rings (SSSR count). The summed E-state index contributed by atoms with van der Waals surface area (Å²) in [5.41, 5.74) is 26.0. The molecule has 56 heavy (non-hydrogen) atoms. The van der Waals surface area contributed by atoms with Crippen molar-refractivity contribution < 1.29 is 0 Å². The molecule has 4 aromatic carbocycles. The van der Waals surface area contributed by atoms with E-state index in [2.05, 4.69) is 163 Å². The van der Waals surface area contributed by atoms with Gasteiger partial charge in [0.1, 0.15) is 5.57 Å². The molecule has 3 heteroatoms. The number of hydrogen-bond donors (Lipinski definition) is 3. The molecule has 4 bridgehead atoms. The Balaban J connectivity index is 1.11. The van der Waals surface area contributed by atoms with E-state index < -0.39 is 0 Å². The predicted octanol–water partition coefficient (Wildman–Crippen LogP) is 11.6. The van der Waals surface area contributed by atoms with E-state index in [0.717, 1.165) is 60.1 Å². The number of aryl methyl sites for hydroxylation is 4. The van der Waals surface area contributed by atoms with Gasteiger partial charge in [-0.2, -0.15) is 37.9 Å². The van der Waals surface area contributed by atoms with E-state index in [1.54, 1.807) is 0 Å². The fourth-order valence-electron chi connectivity index (χ4n) is 11.5. The normalized spacial score (nSPS) is 27.2. The fraction of sp³-hybridized carbons (Fsp3) is 0.340. The van der Waals surface area contributed by atoms with Gasteiger partial charge in [0, 0.05) is 30.1 Å². The van der Waals surface area contributed by atoms with Crippen molar-refractivity contribution in [1.29, 1.82) is 0 Å². The van der Waals surface area contributed by atoms with Gasteiger partial charge < -0.3 is 0 Å². The maximum atomic E-state index is 5.25. The number of thiol groups is 3. The van der Waals surface area contributed by atoms with Gasteiger partial charge in [-0.05, 0) is 92.4 Å². The van der Waals surface area contributed by atoms with Crippen LogP contribution >= 0.6 is 37.9 Å². The first kappa shape index (κ1) is 37.8. The van der Waals surface area contributed by atoms with Crippen LogP contribution < -0.4 is 10.4 Å². The van der Waals surface area contributed by atoms with Gasteiger partial charge in [-0.15, -0.1) is 5.73 Å². The molecule has 282 valence electrons. The van der Waals surface area contributed by atoms with E-state index >= 15 is 0 Å². The lowest BCUT2D eigenvalue weighted by Crippen LogP contribution is -2.65. The molecule has 0 heterocycles. The molecule has 0 spiro atoms. The first-order valence-corrected chi connectivity index (χ1v) is 21.5. The Morgan fingerprint density at radius 3 is 1.59 bits per heavy atom. The largest absolute Gasteiger partial charge is 0.172 e. The van der Waals surface area contributed by atoms with Crippen LogP contribution in [0, 0.1) is 44.9 Å². The van der Waals surface area contributed by atoms with Crippen LogP contribution in [0.2, 0.25) is 0 Å². The number of hydrogen-bond acceptors (Lipinski definition) is 3. The van der Waals surface area contributed by atoms with Gasteiger partial charge in [-0.3, -0.25) is 0 Å². The highest BCUT2D eigenvalue weighted by Crippen LogP contribution is 2.72. The molecular weight excluding hydrogens is 733 g/mol. The summed E-state index contributed by atoms with van der Waals surface area (Å²) in [5.74, 6) is 2.71. The monoisotopic (exact) mass is 784 g/mol. The number of benzene rings is 4.